The van der Waals surface area contributed by atoms with E-state index in [0.29, 0.717) is 18.4 Å². The standard InChI is InChI=1S/C20H20F6N2O5S2/c1-18(2,35(32,33)14-6-4-5-12(9-14)19(21,22)23)7-8-27-17(29)16-15(34(3,30)31)10-13(11-28-16)20(24,25)26/h4-6,9-11H,7-8H2,1-3H3,(H,27,29). The van der Waals surface area contributed by atoms with Crippen molar-refractivity contribution in [1.29, 1.82) is 0 Å². The summed E-state index contributed by atoms with van der Waals surface area (Å²) in [6.07, 6.45) is -9.14. The van der Waals surface area contributed by atoms with Gasteiger partial charge in [0.1, 0.15) is 5.69 Å². The lowest BCUT2D eigenvalue weighted by atomic mass is 10.1. The molecule has 1 aromatic heterocycles. The number of sulfone groups is 2. The van der Waals surface area contributed by atoms with Crippen molar-refractivity contribution in [2.45, 2.75) is 47.2 Å². The Bertz CT molecular complexity index is 1330. The minimum absolute atomic E-state index is 0.263. The number of nitrogens with zero attached hydrogens (tertiary/aromatic N) is 1. The van der Waals surface area contributed by atoms with Crippen molar-refractivity contribution in [2.75, 3.05) is 12.8 Å². The van der Waals surface area contributed by atoms with Crippen molar-refractivity contribution >= 4 is 25.6 Å². The number of aromatic nitrogens is 1. The Morgan fingerprint density at radius 3 is 2.03 bits per heavy atom. The SMILES string of the molecule is CC(C)(CCNC(=O)c1ncc(C(F)(F)F)cc1S(C)(=O)=O)S(=O)(=O)c1cccc(C(F)(F)F)c1. The van der Waals surface area contributed by atoms with Crippen molar-refractivity contribution in [3.05, 3.63) is 53.3 Å². The molecule has 0 saturated heterocycles. The number of amides is 1. The maximum absolute atomic E-state index is 13.0. The molecule has 0 aliphatic heterocycles. The third-order valence-corrected chi connectivity index (χ3v) is 8.65. The van der Waals surface area contributed by atoms with Gasteiger partial charge in [0, 0.05) is 19.0 Å². The number of carbonyl (C=O) groups is 1. The first-order chi connectivity index (χ1) is 15.7. The second-order valence-electron chi connectivity index (χ2n) is 8.14. The molecule has 35 heavy (non-hydrogen) atoms. The maximum Gasteiger partial charge on any atom is 0.417 e. The minimum Gasteiger partial charge on any atom is -0.351 e. The lowest BCUT2D eigenvalue weighted by Crippen LogP contribution is -2.37. The third-order valence-electron chi connectivity index (χ3n) is 5.01. The van der Waals surface area contributed by atoms with Gasteiger partial charge in [-0.25, -0.2) is 21.8 Å². The zero-order chi connectivity index (χ0) is 27.0. The fourth-order valence-corrected chi connectivity index (χ4v) is 5.29. The molecule has 0 spiro atoms. The van der Waals surface area contributed by atoms with Crippen LogP contribution in [0, 0.1) is 0 Å². The van der Waals surface area contributed by atoms with E-state index in [1.165, 1.54) is 13.8 Å². The average Bonchev–Trinajstić information content (AvgIpc) is 2.71. The molecule has 194 valence electrons. The number of rotatable bonds is 7. The first-order valence-corrected chi connectivity index (χ1v) is 13.0. The van der Waals surface area contributed by atoms with E-state index in [0.717, 1.165) is 12.1 Å². The van der Waals surface area contributed by atoms with Crippen LogP contribution in [0.15, 0.2) is 46.3 Å². The van der Waals surface area contributed by atoms with Crippen LogP contribution in [0.5, 0.6) is 0 Å². The molecular weight excluding hydrogens is 526 g/mol. The van der Waals surface area contributed by atoms with Crippen molar-refractivity contribution in [1.82, 2.24) is 10.3 Å². The predicted octanol–water partition coefficient (Wildman–Crippen LogP) is 3.90. The molecule has 7 nitrogen and oxygen atoms in total. The van der Waals surface area contributed by atoms with Gasteiger partial charge >= 0.3 is 12.4 Å². The maximum atomic E-state index is 13.0. The van der Waals surface area contributed by atoms with Crippen LogP contribution in [0.25, 0.3) is 0 Å². The van der Waals surface area contributed by atoms with E-state index >= 15 is 0 Å². The van der Waals surface area contributed by atoms with Crippen LogP contribution < -0.4 is 5.32 Å². The lowest BCUT2D eigenvalue weighted by molar-refractivity contribution is -0.138. The summed E-state index contributed by atoms with van der Waals surface area (Å²) in [4.78, 5) is 14.2. The highest BCUT2D eigenvalue weighted by Crippen LogP contribution is 2.34. The van der Waals surface area contributed by atoms with Gasteiger partial charge in [-0.15, -0.1) is 0 Å². The Balaban J connectivity index is 2.25. The number of hydrogen-bond donors (Lipinski definition) is 1. The van der Waals surface area contributed by atoms with Crippen molar-refractivity contribution in [3.63, 3.8) is 0 Å². The summed E-state index contributed by atoms with van der Waals surface area (Å²) in [5.74, 6) is -1.17. The lowest BCUT2D eigenvalue weighted by Gasteiger charge is -2.25. The average molecular weight is 547 g/mol. The van der Waals surface area contributed by atoms with Crippen LogP contribution in [0.1, 0.15) is 41.9 Å². The molecule has 1 aromatic carbocycles. The Morgan fingerprint density at radius 2 is 1.51 bits per heavy atom. The summed E-state index contributed by atoms with van der Waals surface area (Å²) >= 11 is 0. The molecule has 0 bridgehead atoms. The van der Waals surface area contributed by atoms with Crippen molar-refractivity contribution in [2.24, 2.45) is 0 Å². The molecule has 0 atom stereocenters. The van der Waals surface area contributed by atoms with E-state index in [-0.39, 0.29) is 18.7 Å². The smallest absolute Gasteiger partial charge is 0.351 e. The summed E-state index contributed by atoms with van der Waals surface area (Å²) in [5, 5.41) is 2.19. The van der Waals surface area contributed by atoms with Gasteiger partial charge in [-0.2, -0.15) is 26.3 Å². The molecule has 0 saturated carbocycles. The van der Waals surface area contributed by atoms with Gasteiger partial charge in [-0.05, 0) is 44.5 Å². The highest BCUT2D eigenvalue weighted by atomic mass is 32.2. The number of nitrogens with one attached hydrogen (secondary N) is 1. The summed E-state index contributed by atoms with van der Waals surface area (Å²) in [6, 6.07) is 3.40. The molecule has 1 amide bonds. The molecule has 0 radical (unpaired) electrons. The fourth-order valence-electron chi connectivity index (χ4n) is 2.91. The molecule has 2 rings (SSSR count). The molecular formula is C20H20F6N2O5S2. The van der Waals surface area contributed by atoms with Gasteiger partial charge in [-0.3, -0.25) is 4.79 Å². The Hall–Kier alpha value is -2.68. The van der Waals surface area contributed by atoms with Crippen molar-refractivity contribution in [3.8, 4) is 0 Å². The van der Waals surface area contributed by atoms with Crippen LogP contribution in [0.2, 0.25) is 0 Å². The van der Waals surface area contributed by atoms with Crippen molar-refractivity contribution < 1.29 is 48.0 Å². The molecule has 0 unspecified atom stereocenters. The normalized spacial score (nSPS) is 13.5. The number of benzene rings is 1. The fraction of sp³-hybridized carbons (Fsp3) is 0.400. The summed E-state index contributed by atoms with van der Waals surface area (Å²) in [6.45, 7) is 2.02. The number of halogens is 6. The van der Waals surface area contributed by atoms with Crippen LogP contribution in [-0.4, -0.2) is 45.3 Å². The van der Waals surface area contributed by atoms with Crippen LogP contribution in [0.3, 0.4) is 0 Å². The second-order valence-corrected chi connectivity index (χ2v) is 12.7. The molecule has 15 heteroatoms. The first-order valence-electron chi connectivity index (χ1n) is 9.65. The summed E-state index contributed by atoms with van der Waals surface area (Å²) in [7, 11) is -8.63. The second kappa shape index (κ2) is 9.41. The third kappa shape index (κ3) is 6.51. The van der Waals surface area contributed by atoms with E-state index in [2.05, 4.69) is 10.3 Å². The van der Waals surface area contributed by atoms with Crippen LogP contribution in [-0.2, 0) is 32.0 Å². The highest BCUT2D eigenvalue weighted by Gasteiger charge is 2.38. The summed E-state index contributed by atoms with van der Waals surface area (Å²) in [5.41, 5.74) is -3.37. The van der Waals surface area contributed by atoms with E-state index in [1.54, 1.807) is 0 Å². The minimum atomic E-state index is -4.91. The van der Waals surface area contributed by atoms with Gasteiger partial charge in [0.2, 0.25) is 0 Å². The number of hydrogen-bond acceptors (Lipinski definition) is 6. The highest BCUT2D eigenvalue weighted by molar-refractivity contribution is 7.92. The number of pyridine rings is 1. The molecule has 0 aliphatic carbocycles. The zero-order valence-corrected chi connectivity index (χ0v) is 20.1. The number of alkyl halides is 6. The van der Waals surface area contributed by atoms with E-state index in [9.17, 15) is 48.0 Å². The molecule has 0 aliphatic rings. The Labute approximate surface area is 197 Å². The molecule has 2 aromatic rings. The van der Waals surface area contributed by atoms with Gasteiger partial charge in [0.15, 0.2) is 19.7 Å². The van der Waals surface area contributed by atoms with E-state index in [4.69, 9.17) is 0 Å². The van der Waals surface area contributed by atoms with E-state index in [1.807, 2.05) is 0 Å². The quantitative estimate of drug-likeness (QED) is 0.528. The van der Waals surface area contributed by atoms with Gasteiger partial charge in [-0.1, -0.05) is 6.07 Å². The van der Waals surface area contributed by atoms with Gasteiger partial charge in [0.05, 0.1) is 25.7 Å². The number of carbonyl (C=O) groups excluding carboxylic acids is 1. The Kier molecular flexibility index (Phi) is 7.68. The predicted molar refractivity (Wildman–Crippen MR) is 112 cm³/mol. The molecule has 1 heterocycles. The van der Waals surface area contributed by atoms with Crippen LogP contribution in [0.4, 0.5) is 26.3 Å². The van der Waals surface area contributed by atoms with Gasteiger partial charge in [0.25, 0.3) is 5.91 Å². The van der Waals surface area contributed by atoms with Crippen LogP contribution >= 0.6 is 0 Å². The zero-order valence-electron chi connectivity index (χ0n) is 18.5. The Morgan fingerprint density at radius 1 is 0.943 bits per heavy atom. The monoisotopic (exact) mass is 546 g/mol. The van der Waals surface area contributed by atoms with E-state index < -0.39 is 75.8 Å². The first kappa shape index (κ1) is 28.6. The largest absolute Gasteiger partial charge is 0.417 e. The summed E-state index contributed by atoms with van der Waals surface area (Å²) < 4.78 is 126. The topological polar surface area (TPSA) is 110 Å². The molecule has 0 fully saturated rings. The van der Waals surface area contributed by atoms with Gasteiger partial charge < -0.3 is 5.32 Å². The molecule has 1 N–H and O–H groups in total.